The number of hydrogen-bond donors (Lipinski definition) is 1. The maximum Gasteiger partial charge on any atom is 0.336 e. The number of rotatable bonds is 2. The van der Waals surface area contributed by atoms with Crippen LogP contribution in [0.1, 0.15) is 21.7 Å². The lowest BCUT2D eigenvalue weighted by molar-refractivity contribution is 0.0998. The minimum absolute atomic E-state index is 0.108. The van der Waals surface area contributed by atoms with Gasteiger partial charge in [-0.1, -0.05) is 0 Å². The molecule has 0 unspecified atom stereocenters. The number of hydrogen-bond acceptors (Lipinski definition) is 4. The second kappa shape index (κ2) is 5.84. The van der Waals surface area contributed by atoms with Crippen molar-refractivity contribution in [2.75, 3.05) is 5.32 Å². The molecule has 5 nitrogen and oxygen atoms in total. The van der Waals surface area contributed by atoms with Gasteiger partial charge in [0.25, 0.3) is 5.91 Å². The Labute approximate surface area is 147 Å². The topological polar surface area (TPSA) is 72.5 Å². The molecule has 2 aromatic heterocycles. The number of nitrogens with one attached hydrogen (secondary N) is 1. The number of benzene rings is 2. The SMILES string of the molecule is Cc1cc(=O)oc2cc(NC(=O)c3oc4ccc(F)cc4c3C)ccc12. The molecule has 0 fully saturated rings. The van der Waals surface area contributed by atoms with Gasteiger partial charge in [-0.15, -0.1) is 0 Å². The summed E-state index contributed by atoms with van der Waals surface area (Å²) in [6.45, 7) is 3.51. The molecule has 6 heteroatoms. The van der Waals surface area contributed by atoms with E-state index in [-0.39, 0.29) is 5.76 Å². The number of amides is 1. The van der Waals surface area contributed by atoms with Crippen molar-refractivity contribution in [3.8, 4) is 0 Å². The Balaban J connectivity index is 1.71. The number of carbonyl (C=O) groups excluding carboxylic acids is 1. The van der Waals surface area contributed by atoms with E-state index < -0.39 is 17.3 Å². The minimum Gasteiger partial charge on any atom is -0.451 e. The normalized spacial score (nSPS) is 11.2. The molecule has 0 aliphatic heterocycles. The van der Waals surface area contributed by atoms with E-state index in [4.69, 9.17) is 8.83 Å². The Hall–Kier alpha value is -3.41. The van der Waals surface area contributed by atoms with E-state index in [2.05, 4.69) is 5.32 Å². The maximum absolute atomic E-state index is 13.4. The van der Waals surface area contributed by atoms with Crippen LogP contribution in [0.15, 0.2) is 56.1 Å². The lowest BCUT2D eigenvalue weighted by Gasteiger charge is -2.06. The summed E-state index contributed by atoms with van der Waals surface area (Å²) in [6.07, 6.45) is 0. The molecule has 1 amide bonds. The highest BCUT2D eigenvalue weighted by Gasteiger charge is 2.18. The third kappa shape index (κ3) is 2.65. The molecule has 0 bridgehead atoms. The number of furan rings is 1. The highest BCUT2D eigenvalue weighted by molar-refractivity contribution is 6.07. The summed E-state index contributed by atoms with van der Waals surface area (Å²) >= 11 is 0. The molecule has 4 rings (SSSR count). The van der Waals surface area contributed by atoms with E-state index in [1.165, 1.54) is 24.3 Å². The van der Waals surface area contributed by atoms with Crippen LogP contribution >= 0.6 is 0 Å². The van der Waals surface area contributed by atoms with Gasteiger partial charge in [0.15, 0.2) is 5.76 Å². The van der Waals surface area contributed by atoms with Crippen LogP contribution in [0.3, 0.4) is 0 Å². The van der Waals surface area contributed by atoms with Gasteiger partial charge in [0.1, 0.15) is 17.0 Å². The van der Waals surface area contributed by atoms with Gasteiger partial charge in [-0.3, -0.25) is 4.79 Å². The minimum atomic E-state index is -0.464. The fourth-order valence-corrected chi connectivity index (χ4v) is 3.00. The zero-order chi connectivity index (χ0) is 18.4. The van der Waals surface area contributed by atoms with E-state index in [1.54, 1.807) is 25.1 Å². The first-order valence-corrected chi connectivity index (χ1v) is 7.97. The van der Waals surface area contributed by atoms with E-state index in [0.29, 0.717) is 27.8 Å². The van der Waals surface area contributed by atoms with Crippen LogP contribution in [0.4, 0.5) is 10.1 Å². The lowest BCUT2D eigenvalue weighted by Crippen LogP contribution is -2.12. The van der Waals surface area contributed by atoms with Crippen molar-refractivity contribution in [3.63, 3.8) is 0 Å². The van der Waals surface area contributed by atoms with Gasteiger partial charge in [0.05, 0.1) is 0 Å². The molecule has 0 atom stereocenters. The van der Waals surface area contributed by atoms with Gasteiger partial charge in [0, 0.05) is 34.2 Å². The summed E-state index contributed by atoms with van der Waals surface area (Å²) in [5.74, 6) is -0.752. The molecule has 2 aromatic carbocycles. The smallest absolute Gasteiger partial charge is 0.336 e. The van der Waals surface area contributed by atoms with Crippen molar-refractivity contribution in [2.24, 2.45) is 0 Å². The van der Waals surface area contributed by atoms with Crippen molar-refractivity contribution in [1.29, 1.82) is 0 Å². The van der Waals surface area contributed by atoms with Gasteiger partial charge >= 0.3 is 5.63 Å². The Morgan fingerprint density at radius 3 is 2.58 bits per heavy atom. The number of carbonyl (C=O) groups is 1. The predicted octanol–water partition coefficient (Wildman–Crippen LogP) is 4.55. The molecular formula is C20H14FNO4. The molecule has 4 aromatic rings. The number of halogens is 1. The highest BCUT2D eigenvalue weighted by atomic mass is 19.1. The summed E-state index contributed by atoms with van der Waals surface area (Å²) in [4.78, 5) is 24.1. The van der Waals surface area contributed by atoms with Crippen molar-refractivity contribution < 1.29 is 18.0 Å². The van der Waals surface area contributed by atoms with Gasteiger partial charge in [-0.25, -0.2) is 9.18 Å². The molecule has 0 aliphatic carbocycles. The average molecular weight is 351 g/mol. The molecule has 0 spiro atoms. The van der Waals surface area contributed by atoms with Crippen LogP contribution in [0.5, 0.6) is 0 Å². The average Bonchev–Trinajstić information content (AvgIpc) is 2.91. The van der Waals surface area contributed by atoms with E-state index >= 15 is 0 Å². The first kappa shape index (κ1) is 16.1. The van der Waals surface area contributed by atoms with Crippen molar-refractivity contribution in [3.05, 3.63) is 75.6 Å². The van der Waals surface area contributed by atoms with E-state index in [0.717, 1.165) is 10.9 Å². The Morgan fingerprint density at radius 1 is 0.962 bits per heavy atom. The Bertz CT molecular complexity index is 1240. The first-order valence-electron chi connectivity index (χ1n) is 7.97. The summed E-state index contributed by atoms with van der Waals surface area (Å²) in [6, 6.07) is 10.6. The van der Waals surface area contributed by atoms with E-state index in [1.807, 2.05) is 6.92 Å². The van der Waals surface area contributed by atoms with Gasteiger partial charge in [0.2, 0.25) is 0 Å². The van der Waals surface area contributed by atoms with Crippen LogP contribution in [0.25, 0.3) is 21.9 Å². The molecule has 2 heterocycles. The zero-order valence-corrected chi connectivity index (χ0v) is 14.1. The summed E-state index contributed by atoms with van der Waals surface area (Å²) in [5.41, 5.74) is 2.19. The number of anilines is 1. The van der Waals surface area contributed by atoms with Crippen LogP contribution in [-0.2, 0) is 0 Å². The molecular weight excluding hydrogens is 337 g/mol. The lowest BCUT2D eigenvalue weighted by atomic mass is 10.1. The molecule has 1 N–H and O–H groups in total. The Kier molecular flexibility index (Phi) is 3.61. The second-order valence-corrected chi connectivity index (χ2v) is 6.11. The fourth-order valence-electron chi connectivity index (χ4n) is 3.00. The first-order chi connectivity index (χ1) is 12.4. The quantitative estimate of drug-likeness (QED) is 0.538. The maximum atomic E-state index is 13.4. The summed E-state index contributed by atoms with van der Waals surface area (Å²) < 4.78 is 24.2. The Morgan fingerprint density at radius 2 is 1.77 bits per heavy atom. The summed E-state index contributed by atoms with van der Waals surface area (Å²) in [7, 11) is 0. The largest absolute Gasteiger partial charge is 0.451 e. The predicted molar refractivity (Wildman–Crippen MR) is 96.1 cm³/mol. The molecule has 0 radical (unpaired) electrons. The van der Waals surface area contributed by atoms with Gasteiger partial charge < -0.3 is 14.2 Å². The molecule has 130 valence electrons. The summed E-state index contributed by atoms with van der Waals surface area (Å²) in [5, 5.41) is 4.06. The van der Waals surface area contributed by atoms with E-state index in [9.17, 15) is 14.0 Å². The van der Waals surface area contributed by atoms with Crippen LogP contribution in [-0.4, -0.2) is 5.91 Å². The van der Waals surface area contributed by atoms with Gasteiger partial charge in [-0.05, 0) is 49.7 Å². The van der Waals surface area contributed by atoms with Crippen molar-refractivity contribution in [2.45, 2.75) is 13.8 Å². The van der Waals surface area contributed by atoms with Crippen LogP contribution in [0, 0.1) is 19.7 Å². The highest BCUT2D eigenvalue weighted by Crippen LogP contribution is 2.27. The van der Waals surface area contributed by atoms with Crippen LogP contribution < -0.4 is 10.9 Å². The van der Waals surface area contributed by atoms with Crippen molar-refractivity contribution >= 4 is 33.5 Å². The van der Waals surface area contributed by atoms with Gasteiger partial charge in [-0.2, -0.15) is 0 Å². The second-order valence-electron chi connectivity index (χ2n) is 6.11. The van der Waals surface area contributed by atoms with Crippen LogP contribution in [0.2, 0.25) is 0 Å². The zero-order valence-electron chi connectivity index (χ0n) is 14.1. The molecule has 0 aliphatic rings. The third-order valence-corrected chi connectivity index (χ3v) is 4.31. The fraction of sp³-hybridized carbons (Fsp3) is 0.100. The molecule has 0 saturated heterocycles. The third-order valence-electron chi connectivity index (χ3n) is 4.31. The molecule has 0 saturated carbocycles. The van der Waals surface area contributed by atoms with Crippen molar-refractivity contribution in [1.82, 2.24) is 0 Å². The standard InChI is InChI=1S/C20H14FNO4/c1-10-7-18(23)25-17-9-13(4-5-14(10)17)22-20(24)19-11(2)15-8-12(21)3-6-16(15)26-19/h3-9H,1-2H3,(H,22,24). The monoisotopic (exact) mass is 351 g/mol. The number of fused-ring (bicyclic) bond motifs is 2. The number of aryl methyl sites for hydroxylation is 2. The molecule has 26 heavy (non-hydrogen) atoms.